The number of hydrogen-bond donors (Lipinski definition) is 1. The summed E-state index contributed by atoms with van der Waals surface area (Å²) < 4.78 is 7.75. The van der Waals surface area contributed by atoms with Crippen molar-refractivity contribution in [3.05, 3.63) is 45.0 Å². The van der Waals surface area contributed by atoms with E-state index in [0.717, 1.165) is 31.6 Å². The van der Waals surface area contributed by atoms with Gasteiger partial charge in [-0.3, -0.25) is 14.6 Å². The summed E-state index contributed by atoms with van der Waals surface area (Å²) in [7, 11) is 1.62. The van der Waals surface area contributed by atoms with Crippen molar-refractivity contribution in [2.45, 2.75) is 18.9 Å². The molecule has 2 N–H and O–H groups in total. The molecule has 0 aromatic carbocycles. The summed E-state index contributed by atoms with van der Waals surface area (Å²) in [4.78, 5) is 29.2. The van der Waals surface area contributed by atoms with E-state index in [1.165, 1.54) is 10.9 Å². The van der Waals surface area contributed by atoms with Crippen molar-refractivity contribution < 1.29 is 9.53 Å². The third-order valence-electron chi connectivity index (χ3n) is 4.13. The first-order valence-corrected chi connectivity index (χ1v) is 8.64. The second kappa shape index (κ2) is 7.22. The van der Waals surface area contributed by atoms with E-state index < -0.39 is 5.91 Å². The van der Waals surface area contributed by atoms with E-state index in [1.54, 1.807) is 25.4 Å². The second-order valence-electron chi connectivity index (χ2n) is 5.82. The minimum absolute atomic E-state index is 0.0256. The maximum Gasteiger partial charge on any atom is 0.282 e. The molecule has 0 unspecified atom stereocenters. The molecule has 0 bridgehead atoms. The van der Waals surface area contributed by atoms with Crippen LogP contribution in [0.4, 0.5) is 5.69 Å². The molecule has 1 aliphatic heterocycles. The molecular weight excluding hydrogens is 390 g/mol. The zero-order valence-electron chi connectivity index (χ0n) is 13.7. The number of pyridine rings is 1. The fraction of sp³-hybridized carbons (Fsp3) is 0.375. The quantitative estimate of drug-likeness (QED) is 0.813. The number of nitrogens with zero attached hydrogens (tertiary/aromatic N) is 4. The first kappa shape index (κ1) is 17.4. The summed E-state index contributed by atoms with van der Waals surface area (Å²) in [5.74, 6) is 0.00181. The summed E-state index contributed by atoms with van der Waals surface area (Å²) >= 11 is 3.36. The lowest BCUT2D eigenvalue weighted by Gasteiger charge is -2.33. The molecule has 0 aliphatic carbocycles. The van der Waals surface area contributed by atoms with Crippen LogP contribution in [-0.4, -0.2) is 39.9 Å². The Labute approximate surface area is 152 Å². The Balaban J connectivity index is 1.64. The smallest absolute Gasteiger partial charge is 0.282 e. The van der Waals surface area contributed by atoms with E-state index in [9.17, 15) is 9.59 Å². The van der Waals surface area contributed by atoms with Crippen LogP contribution in [0.5, 0.6) is 5.75 Å². The number of ether oxygens (including phenoxy) is 1. The number of nitrogens with two attached hydrogens (primary N) is 1. The summed E-state index contributed by atoms with van der Waals surface area (Å²) in [5, 5.41) is 4.08. The number of primary amides is 1. The Morgan fingerprint density at radius 1 is 1.40 bits per heavy atom. The van der Waals surface area contributed by atoms with Crippen LogP contribution in [0.15, 0.2) is 33.8 Å². The predicted octanol–water partition coefficient (Wildman–Crippen LogP) is 1.08. The number of halogens is 1. The van der Waals surface area contributed by atoms with E-state index in [4.69, 9.17) is 10.5 Å². The minimum atomic E-state index is -0.580. The first-order valence-electron chi connectivity index (χ1n) is 7.85. The van der Waals surface area contributed by atoms with E-state index >= 15 is 0 Å². The van der Waals surface area contributed by atoms with Crippen molar-refractivity contribution in [3.8, 4) is 5.75 Å². The van der Waals surface area contributed by atoms with Gasteiger partial charge in [-0.05, 0) is 22.0 Å². The molecule has 0 spiro atoms. The molecule has 1 saturated heterocycles. The van der Waals surface area contributed by atoms with Gasteiger partial charge < -0.3 is 15.4 Å². The third-order valence-corrected chi connectivity index (χ3v) is 4.87. The van der Waals surface area contributed by atoms with Crippen molar-refractivity contribution in [1.82, 2.24) is 14.8 Å². The van der Waals surface area contributed by atoms with Gasteiger partial charge in [0.2, 0.25) is 0 Å². The number of hydrogen-bond acceptors (Lipinski definition) is 6. The monoisotopic (exact) mass is 407 g/mol. The number of carbonyl (C=O) groups excluding carboxylic acids is 1. The molecule has 132 valence electrons. The molecule has 2 aromatic heterocycles. The lowest BCUT2D eigenvalue weighted by atomic mass is 10.1. The van der Waals surface area contributed by atoms with Gasteiger partial charge in [0.05, 0.1) is 11.9 Å². The van der Waals surface area contributed by atoms with Crippen LogP contribution in [-0.2, 0) is 7.05 Å². The fourth-order valence-corrected chi connectivity index (χ4v) is 3.36. The van der Waals surface area contributed by atoms with Crippen LogP contribution >= 0.6 is 15.9 Å². The molecular formula is C16H18BrN5O3. The summed E-state index contributed by atoms with van der Waals surface area (Å²) in [6, 6.07) is 3.26. The van der Waals surface area contributed by atoms with Gasteiger partial charge in [0.15, 0.2) is 0 Å². The van der Waals surface area contributed by atoms with Crippen LogP contribution in [0.1, 0.15) is 23.3 Å². The van der Waals surface area contributed by atoms with Crippen LogP contribution in [0.25, 0.3) is 0 Å². The van der Waals surface area contributed by atoms with Gasteiger partial charge in [-0.1, -0.05) is 0 Å². The SMILES string of the molecule is Cn1ncc(N2CCC(Oc3ccnc(C(N)=O)c3)CC2)c(Br)c1=O. The molecule has 2 aromatic rings. The Morgan fingerprint density at radius 3 is 2.80 bits per heavy atom. The van der Waals surface area contributed by atoms with Crippen LogP contribution in [0, 0.1) is 0 Å². The predicted molar refractivity (Wildman–Crippen MR) is 95.8 cm³/mol. The highest BCUT2D eigenvalue weighted by Gasteiger charge is 2.23. The molecule has 9 heteroatoms. The van der Waals surface area contributed by atoms with Gasteiger partial charge in [0, 0.05) is 45.2 Å². The fourth-order valence-electron chi connectivity index (χ4n) is 2.75. The van der Waals surface area contributed by atoms with E-state index in [1.807, 2.05) is 0 Å². The highest BCUT2D eigenvalue weighted by atomic mass is 79.9. The molecule has 1 fully saturated rings. The van der Waals surface area contributed by atoms with Gasteiger partial charge >= 0.3 is 0 Å². The Hall–Kier alpha value is -2.42. The molecule has 25 heavy (non-hydrogen) atoms. The van der Waals surface area contributed by atoms with Gasteiger partial charge in [0.25, 0.3) is 11.5 Å². The average Bonchev–Trinajstić information content (AvgIpc) is 2.61. The van der Waals surface area contributed by atoms with Crippen LogP contribution < -0.4 is 20.9 Å². The minimum Gasteiger partial charge on any atom is -0.490 e. The molecule has 8 nitrogen and oxygen atoms in total. The zero-order valence-corrected chi connectivity index (χ0v) is 15.3. The summed E-state index contributed by atoms with van der Waals surface area (Å²) in [6.07, 6.45) is 4.80. The highest BCUT2D eigenvalue weighted by Crippen LogP contribution is 2.26. The number of amides is 1. The van der Waals surface area contributed by atoms with Gasteiger partial charge in [0.1, 0.15) is 22.0 Å². The lowest BCUT2D eigenvalue weighted by Crippen LogP contribution is -2.39. The number of piperidine rings is 1. The number of aromatic nitrogens is 3. The van der Waals surface area contributed by atoms with E-state index in [-0.39, 0.29) is 17.4 Å². The maximum atomic E-state index is 12.0. The number of anilines is 1. The molecule has 3 rings (SSSR count). The van der Waals surface area contributed by atoms with Gasteiger partial charge in [-0.15, -0.1) is 0 Å². The van der Waals surface area contributed by atoms with Crippen molar-refractivity contribution >= 4 is 27.5 Å². The molecule has 3 heterocycles. The maximum absolute atomic E-state index is 12.0. The largest absolute Gasteiger partial charge is 0.490 e. The lowest BCUT2D eigenvalue weighted by molar-refractivity contribution is 0.0994. The Bertz CT molecular complexity index is 846. The number of carbonyl (C=O) groups is 1. The molecule has 1 aliphatic rings. The van der Waals surface area contributed by atoms with Crippen molar-refractivity contribution in [3.63, 3.8) is 0 Å². The van der Waals surface area contributed by atoms with E-state index in [0.29, 0.717) is 10.2 Å². The van der Waals surface area contributed by atoms with Crippen LogP contribution in [0.3, 0.4) is 0 Å². The van der Waals surface area contributed by atoms with E-state index in [2.05, 4.69) is 30.9 Å². The van der Waals surface area contributed by atoms with Crippen molar-refractivity contribution in [2.24, 2.45) is 12.8 Å². The second-order valence-corrected chi connectivity index (χ2v) is 6.61. The molecule has 1 amide bonds. The average molecular weight is 408 g/mol. The Kier molecular flexibility index (Phi) is 5.03. The standard InChI is InChI=1S/C16H18BrN5O3/c1-21-16(24)14(17)13(9-20-21)22-6-3-10(4-7-22)25-11-2-5-19-12(8-11)15(18)23/h2,5,8-10H,3-4,6-7H2,1H3,(H2,18,23). The van der Waals surface area contributed by atoms with Gasteiger partial charge in [-0.2, -0.15) is 5.10 Å². The normalized spacial score (nSPS) is 15.2. The molecule has 0 saturated carbocycles. The van der Waals surface area contributed by atoms with Gasteiger partial charge in [-0.25, -0.2) is 4.68 Å². The number of aryl methyl sites for hydroxylation is 1. The zero-order chi connectivity index (χ0) is 18.0. The topological polar surface area (TPSA) is 103 Å². The molecule has 0 atom stereocenters. The Morgan fingerprint density at radius 2 is 2.12 bits per heavy atom. The third kappa shape index (κ3) is 3.81. The number of rotatable bonds is 4. The first-order chi connectivity index (χ1) is 12.0. The molecule has 0 radical (unpaired) electrons. The van der Waals surface area contributed by atoms with Crippen molar-refractivity contribution in [1.29, 1.82) is 0 Å². The summed E-state index contributed by atoms with van der Waals surface area (Å²) in [6.45, 7) is 1.48. The van der Waals surface area contributed by atoms with Crippen molar-refractivity contribution in [2.75, 3.05) is 18.0 Å². The highest BCUT2D eigenvalue weighted by molar-refractivity contribution is 9.10. The summed E-state index contributed by atoms with van der Waals surface area (Å²) in [5.41, 5.74) is 6.05. The van der Waals surface area contributed by atoms with Crippen LogP contribution in [0.2, 0.25) is 0 Å².